The minimum atomic E-state index is -0.286. The third-order valence-electron chi connectivity index (χ3n) is 3.05. The topological polar surface area (TPSA) is 50.8 Å². The molecule has 2 unspecified atom stereocenters. The first-order chi connectivity index (χ1) is 8.10. The third kappa shape index (κ3) is 6.00. The Balaban J connectivity index is 4.42. The summed E-state index contributed by atoms with van der Waals surface area (Å²) in [5.74, 6) is -0.224. The Hall–Kier alpha value is -0.650. The molecule has 5 heteroatoms. The van der Waals surface area contributed by atoms with Crippen molar-refractivity contribution in [1.82, 2.24) is 10.2 Å². The minimum Gasteiger partial charge on any atom is -0.468 e. The molecule has 0 saturated carbocycles. The largest absolute Gasteiger partial charge is 0.468 e. The smallest absolute Gasteiger partial charge is 0.324 e. The molecule has 0 bridgehead atoms. The van der Waals surface area contributed by atoms with Crippen molar-refractivity contribution in [3.8, 4) is 0 Å². The molecule has 5 nitrogen and oxygen atoms in total. The lowest BCUT2D eigenvalue weighted by molar-refractivity contribution is -0.143. The van der Waals surface area contributed by atoms with Gasteiger partial charge in [-0.1, -0.05) is 6.92 Å². The van der Waals surface area contributed by atoms with Crippen LogP contribution in [0.25, 0.3) is 0 Å². The number of hydrogen-bond donors (Lipinski definition) is 1. The summed E-state index contributed by atoms with van der Waals surface area (Å²) < 4.78 is 9.85. The van der Waals surface area contributed by atoms with Crippen LogP contribution in [0.15, 0.2) is 0 Å². The second-order valence-corrected chi connectivity index (χ2v) is 4.11. The van der Waals surface area contributed by atoms with Crippen LogP contribution in [0.5, 0.6) is 0 Å². The van der Waals surface area contributed by atoms with Crippen molar-refractivity contribution in [3.63, 3.8) is 0 Å². The number of esters is 1. The van der Waals surface area contributed by atoms with Crippen LogP contribution in [0.3, 0.4) is 0 Å². The Morgan fingerprint density at radius 2 is 2.06 bits per heavy atom. The highest BCUT2D eigenvalue weighted by Gasteiger charge is 2.22. The number of carbonyl (C=O) groups is 1. The van der Waals surface area contributed by atoms with E-state index in [2.05, 4.69) is 24.1 Å². The van der Waals surface area contributed by atoms with E-state index in [9.17, 15) is 4.79 Å². The van der Waals surface area contributed by atoms with Gasteiger partial charge in [0, 0.05) is 26.2 Å². The zero-order valence-electron chi connectivity index (χ0n) is 11.7. The number of carbonyl (C=O) groups excluding carboxylic acids is 1. The number of nitrogens with zero attached hydrogens (tertiary/aromatic N) is 1. The molecule has 0 radical (unpaired) electrons. The number of ether oxygens (including phenoxy) is 2. The molecule has 0 aromatic rings. The molecule has 0 fully saturated rings. The number of hydrogen-bond acceptors (Lipinski definition) is 5. The van der Waals surface area contributed by atoms with Gasteiger partial charge in [0.1, 0.15) is 6.04 Å². The summed E-state index contributed by atoms with van der Waals surface area (Å²) >= 11 is 0. The summed E-state index contributed by atoms with van der Waals surface area (Å²) in [5.41, 5.74) is 0. The summed E-state index contributed by atoms with van der Waals surface area (Å²) in [6.07, 6.45) is 1.04. The zero-order chi connectivity index (χ0) is 13.3. The number of rotatable bonds is 9. The highest BCUT2D eigenvalue weighted by atomic mass is 16.5. The van der Waals surface area contributed by atoms with Crippen molar-refractivity contribution >= 4 is 5.97 Å². The average molecular weight is 246 g/mol. The Morgan fingerprint density at radius 1 is 1.41 bits per heavy atom. The molecule has 17 heavy (non-hydrogen) atoms. The summed E-state index contributed by atoms with van der Waals surface area (Å²) in [6.45, 7) is 6.42. The van der Waals surface area contributed by atoms with E-state index in [4.69, 9.17) is 9.47 Å². The monoisotopic (exact) mass is 246 g/mol. The van der Waals surface area contributed by atoms with Gasteiger partial charge >= 0.3 is 5.97 Å². The first-order valence-corrected chi connectivity index (χ1v) is 6.08. The van der Waals surface area contributed by atoms with Gasteiger partial charge in [0.25, 0.3) is 0 Å². The maximum Gasteiger partial charge on any atom is 0.324 e. The van der Waals surface area contributed by atoms with E-state index in [1.54, 1.807) is 14.2 Å². The summed E-state index contributed by atoms with van der Waals surface area (Å²) in [4.78, 5) is 13.8. The molecule has 0 heterocycles. The van der Waals surface area contributed by atoms with Crippen LogP contribution in [0.1, 0.15) is 20.3 Å². The van der Waals surface area contributed by atoms with Crippen molar-refractivity contribution in [2.24, 2.45) is 0 Å². The van der Waals surface area contributed by atoms with E-state index >= 15 is 0 Å². The van der Waals surface area contributed by atoms with Gasteiger partial charge in [-0.2, -0.15) is 0 Å². The maximum absolute atomic E-state index is 11.5. The second kappa shape index (κ2) is 9.39. The van der Waals surface area contributed by atoms with Crippen molar-refractivity contribution in [2.45, 2.75) is 32.4 Å². The van der Waals surface area contributed by atoms with Gasteiger partial charge < -0.3 is 14.8 Å². The van der Waals surface area contributed by atoms with Crippen molar-refractivity contribution in [3.05, 3.63) is 0 Å². The summed E-state index contributed by atoms with van der Waals surface area (Å²) in [5, 5.41) is 2.98. The highest BCUT2D eigenvalue weighted by Crippen LogP contribution is 2.05. The molecule has 0 rings (SSSR count). The number of likely N-dealkylation sites (N-methyl/N-ethyl adjacent to an activating group) is 1. The lowest BCUT2D eigenvalue weighted by atomic mass is 10.2. The highest BCUT2D eigenvalue weighted by molar-refractivity contribution is 5.75. The molecule has 0 aromatic carbocycles. The van der Waals surface area contributed by atoms with E-state index in [0.717, 1.165) is 13.0 Å². The maximum atomic E-state index is 11.5. The van der Waals surface area contributed by atoms with Crippen molar-refractivity contribution in [1.29, 1.82) is 0 Å². The Morgan fingerprint density at radius 3 is 2.47 bits per heavy atom. The van der Waals surface area contributed by atoms with Crippen molar-refractivity contribution in [2.75, 3.05) is 41.0 Å². The van der Waals surface area contributed by atoms with E-state index in [1.165, 1.54) is 7.11 Å². The third-order valence-corrected chi connectivity index (χ3v) is 3.05. The Kier molecular flexibility index (Phi) is 9.03. The summed E-state index contributed by atoms with van der Waals surface area (Å²) in [7, 11) is 4.87. The Bertz CT molecular complexity index is 212. The molecule has 0 aliphatic heterocycles. The molecule has 0 amide bonds. The van der Waals surface area contributed by atoms with E-state index in [-0.39, 0.29) is 12.0 Å². The minimum absolute atomic E-state index is 0.224. The summed E-state index contributed by atoms with van der Waals surface area (Å²) in [6, 6.07) is 0.136. The molecule has 0 saturated heterocycles. The van der Waals surface area contributed by atoms with Gasteiger partial charge in [-0.05, 0) is 20.4 Å². The van der Waals surface area contributed by atoms with Gasteiger partial charge in [-0.3, -0.25) is 9.69 Å². The van der Waals surface area contributed by atoms with Crippen LogP contribution < -0.4 is 5.32 Å². The van der Waals surface area contributed by atoms with Gasteiger partial charge in [0.15, 0.2) is 0 Å². The standard InChI is InChI=1S/C12H26N2O3/c1-6-10(2)14(7-8-16-4)9-11(13-3)12(15)17-5/h10-11,13H,6-9H2,1-5H3. The average Bonchev–Trinajstić information content (AvgIpc) is 2.37. The SMILES string of the molecule is CCC(C)N(CCOC)CC(NC)C(=O)OC. The van der Waals surface area contributed by atoms with E-state index in [0.29, 0.717) is 19.2 Å². The second-order valence-electron chi connectivity index (χ2n) is 4.11. The fourth-order valence-corrected chi connectivity index (χ4v) is 1.62. The first-order valence-electron chi connectivity index (χ1n) is 6.08. The van der Waals surface area contributed by atoms with Crippen LogP contribution in [0.4, 0.5) is 0 Å². The van der Waals surface area contributed by atoms with Crippen LogP contribution in [0, 0.1) is 0 Å². The molecule has 102 valence electrons. The first kappa shape index (κ1) is 16.4. The molecule has 2 atom stereocenters. The van der Waals surface area contributed by atoms with Crippen LogP contribution >= 0.6 is 0 Å². The fourth-order valence-electron chi connectivity index (χ4n) is 1.62. The van der Waals surface area contributed by atoms with Gasteiger partial charge in [0.05, 0.1) is 13.7 Å². The van der Waals surface area contributed by atoms with Crippen LogP contribution in [-0.4, -0.2) is 63.9 Å². The fraction of sp³-hybridized carbons (Fsp3) is 0.917. The van der Waals surface area contributed by atoms with E-state index < -0.39 is 0 Å². The number of methoxy groups -OCH3 is 2. The number of nitrogens with one attached hydrogen (secondary N) is 1. The lowest BCUT2D eigenvalue weighted by Gasteiger charge is -2.30. The van der Waals surface area contributed by atoms with Crippen LogP contribution in [-0.2, 0) is 14.3 Å². The van der Waals surface area contributed by atoms with Crippen LogP contribution in [0.2, 0.25) is 0 Å². The van der Waals surface area contributed by atoms with Gasteiger partial charge in [0.2, 0.25) is 0 Å². The van der Waals surface area contributed by atoms with E-state index in [1.807, 2.05) is 0 Å². The molecule has 0 aliphatic carbocycles. The van der Waals surface area contributed by atoms with Crippen molar-refractivity contribution < 1.29 is 14.3 Å². The predicted molar refractivity (Wildman–Crippen MR) is 68.1 cm³/mol. The Labute approximate surface area is 104 Å². The quantitative estimate of drug-likeness (QED) is 0.600. The molecule has 1 N–H and O–H groups in total. The normalized spacial score (nSPS) is 14.7. The lowest BCUT2D eigenvalue weighted by Crippen LogP contribution is -2.48. The molecular formula is C12H26N2O3. The van der Waals surface area contributed by atoms with Gasteiger partial charge in [-0.15, -0.1) is 0 Å². The zero-order valence-corrected chi connectivity index (χ0v) is 11.7. The predicted octanol–water partition coefficient (Wildman–Crippen LogP) is 0.494. The molecular weight excluding hydrogens is 220 g/mol. The molecule has 0 spiro atoms. The molecule has 0 aliphatic rings. The molecule has 0 aromatic heterocycles. The van der Waals surface area contributed by atoms with Gasteiger partial charge in [-0.25, -0.2) is 0 Å².